The summed E-state index contributed by atoms with van der Waals surface area (Å²) >= 11 is 12.6. The van der Waals surface area contributed by atoms with Gasteiger partial charge in [0, 0.05) is 57.8 Å². The van der Waals surface area contributed by atoms with E-state index in [4.69, 9.17) is 38.4 Å². The average molecular weight is 524 g/mol. The third-order valence-electron chi connectivity index (χ3n) is 5.82. The predicted molar refractivity (Wildman–Crippen MR) is 135 cm³/mol. The number of rotatable bonds is 5. The molecule has 0 radical (unpaired) electrons. The first-order valence-corrected chi connectivity index (χ1v) is 11.5. The summed E-state index contributed by atoms with van der Waals surface area (Å²) in [5, 5.41) is 8.03. The number of nitrogens with zero attached hydrogens (tertiary/aromatic N) is 3. The molecule has 0 saturated carbocycles. The van der Waals surface area contributed by atoms with Gasteiger partial charge in [-0.25, -0.2) is 4.68 Å². The van der Waals surface area contributed by atoms with Crippen LogP contribution in [0.4, 0.5) is 0 Å². The molecule has 0 bridgehead atoms. The fourth-order valence-corrected chi connectivity index (χ4v) is 4.75. The highest BCUT2D eigenvalue weighted by molar-refractivity contribution is 6.34. The van der Waals surface area contributed by atoms with E-state index in [1.54, 1.807) is 47.3 Å². The maximum Gasteiger partial charge on any atom is 0.271 e. The minimum atomic E-state index is -0.607. The second kappa shape index (κ2) is 9.18. The van der Waals surface area contributed by atoms with Crippen LogP contribution in [0, 0.1) is 0 Å². The summed E-state index contributed by atoms with van der Waals surface area (Å²) in [6, 6.07) is 10.1. The fourth-order valence-electron chi connectivity index (χ4n) is 4.23. The number of primary amides is 1. The Hall–Kier alpha value is -4.08. The SMILES string of the molecule is CNC(=O)c1nn(-c2cc(Cl)cc(Cl)c2)c2c1COc1cc(OC)c(-c3cnccc3C(N)=O)cc1-2. The van der Waals surface area contributed by atoms with Crippen molar-refractivity contribution in [3.8, 4) is 39.6 Å². The Labute approximate surface area is 215 Å². The Morgan fingerprint density at radius 3 is 2.53 bits per heavy atom. The second-order valence-electron chi connectivity index (χ2n) is 7.92. The number of aromatic nitrogens is 3. The van der Waals surface area contributed by atoms with Gasteiger partial charge in [-0.1, -0.05) is 23.2 Å². The number of fused-ring (bicyclic) bond motifs is 3. The number of ether oxygens (including phenoxy) is 2. The van der Waals surface area contributed by atoms with E-state index in [1.165, 1.54) is 20.4 Å². The molecule has 1 aliphatic rings. The molecule has 0 fully saturated rings. The highest BCUT2D eigenvalue weighted by atomic mass is 35.5. The molecule has 9 nitrogen and oxygen atoms in total. The van der Waals surface area contributed by atoms with Gasteiger partial charge in [-0.3, -0.25) is 14.6 Å². The monoisotopic (exact) mass is 523 g/mol. The van der Waals surface area contributed by atoms with Crippen LogP contribution in [0.15, 0.2) is 48.8 Å². The van der Waals surface area contributed by atoms with E-state index in [9.17, 15) is 9.59 Å². The van der Waals surface area contributed by atoms with Crippen molar-refractivity contribution in [2.45, 2.75) is 6.61 Å². The van der Waals surface area contributed by atoms with E-state index < -0.39 is 5.91 Å². The maximum absolute atomic E-state index is 12.7. The van der Waals surface area contributed by atoms with Crippen LogP contribution in [-0.4, -0.2) is 40.7 Å². The number of carbonyl (C=O) groups is 2. The van der Waals surface area contributed by atoms with Crippen molar-refractivity contribution in [1.29, 1.82) is 0 Å². The second-order valence-corrected chi connectivity index (χ2v) is 8.79. The van der Waals surface area contributed by atoms with Crippen LogP contribution in [0.2, 0.25) is 10.0 Å². The molecule has 3 heterocycles. The molecule has 11 heteroatoms. The van der Waals surface area contributed by atoms with Crippen molar-refractivity contribution in [2.75, 3.05) is 14.2 Å². The number of methoxy groups -OCH3 is 1. The van der Waals surface area contributed by atoms with Gasteiger partial charge < -0.3 is 20.5 Å². The molecular weight excluding hydrogens is 505 g/mol. The first-order chi connectivity index (χ1) is 17.3. The number of nitrogens with two attached hydrogens (primary N) is 1. The summed E-state index contributed by atoms with van der Waals surface area (Å²) in [7, 11) is 3.04. The summed E-state index contributed by atoms with van der Waals surface area (Å²) in [5.74, 6) is -0.0201. The van der Waals surface area contributed by atoms with Crippen LogP contribution in [0.5, 0.6) is 11.5 Å². The van der Waals surface area contributed by atoms with Gasteiger partial charge >= 0.3 is 0 Å². The molecule has 36 heavy (non-hydrogen) atoms. The summed E-state index contributed by atoms with van der Waals surface area (Å²) in [4.78, 5) is 29.0. The lowest BCUT2D eigenvalue weighted by Crippen LogP contribution is -2.21. The molecular formula is C25H19Cl2N5O4. The van der Waals surface area contributed by atoms with Crippen LogP contribution < -0.4 is 20.5 Å². The van der Waals surface area contributed by atoms with Gasteiger partial charge in [0.05, 0.1) is 24.1 Å². The average Bonchev–Trinajstić information content (AvgIpc) is 3.27. The number of amides is 2. The Morgan fingerprint density at radius 2 is 1.86 bits per heavy atom. The fraction of sp³-hybridized carbons (Fsp3) is 0.120. The lowest BCUT2D eigenvalue weighted by molar-refractivity contribution is 0.0953. The molecule has 0 spiro atoms. The summed E-state index contributed by atoms with van der Waals surface area (Å²) in [6.07, 6.45) is 3.03. The Kier molecular flexibility index (Phi) is 6.03. The third kappa shape index (κ3) is 3.92. The number of hydrogen-bond acceptors (Lipinski definition) is 6. The first-order valence-electron chi connectivity index (χ1n) is 10.7. The van der Waals surface area contributed by atoms with E-state index >= 15 is 0 Å². The first kappa shape index (κ1) is 23.7. The number of carbonyl (C=O) groups excluding carboxylic acids is 2. The number of nitrogens with one attached hydrogen (secondary N) is 1. The van der Waals surface area contributed by atoms with Gasteiger partial charge in [0.25, 0.3) is 5.91 Å². The van der Waals surface area contributed by atoms with Crippen LogP contribution in [0.1, 0.15) is 26.4 Å². The van der Waals surface area contributed by atoms with E-state index in [2.05, 4.69) is 15.4 Å². The highest BCUT2D eigenvalue weighted by Crippen LogP contribution is 2.46. The molecule has 5 rings (SSSR count). The lowest BCUT2D eigenvalue weighted by atomic mass is 9.94. The van der Waals surface area contributed by atoms with E-state index in [0.717, 1.165) is 0 Å². The molecule has 182 valence electrons. The highest BCUT2D eigenvalue weighted by Gasteiger charge is 2.31. The number of halogens is 2. The number of benzene rings is 2. The summed E-state index contributed by atoms with van der Waals surface area (Å²) in [6.45, 7) is 0.0985. The molecule has 1 aliphatic heterocycles. The third-order valence-corrected chi connectivity index (χ3v) is 6.26. The maximum atomic E-state index is 12.7. The Morgan fingerprint density at radius 1 is 1.11 bits per heavy atom. The Bertz CT molecular complexity index is 1530. The van der Waals surface area contributed by atoms with Gasteiger partial charge in [-0.15, -0.1) is 0 Å². The van der Waals surface area contributed by atoms with Crippen molar-refractivity contribution >= 4 is 35.0 Å². The lowest BCUT2D eigenvalue weighted by Gasteiger charge is -2.22. The van der Waals surface area contributed by atoms with Crippen molar-refractivity contribution in [3.05, 3.63) is 75.7 Å². The van der Waals surface area contributed by atoms with Gasteiger partial charge in [-0.05, 0) is 30.3 Å². The quantitative estimate of drug-likeness (QED) is 0.402. The molecule has 0 unspecified atom stereocenters. The predicted octanol–water partition coefficient (Wildman–Crippen LogP) is 4.27. The minimum Gasteiger partial charge on any atom is -0.496 e. The summed E-state index contributed by atoms with van der Waals surface area (Å²) in [5.41, 5.74) is 9.52. The molecule has 3 N–H and O–H groups in total. The van der Waals surface area contributed by atoms with Gasteiger partial charge in [0.15, 0.2) is 5.69 Å². The molecule has 0 aliphatic carbocycles. The molecule has 2 amide bonds. The Balaban J connectivity index is 1.83. The van der Waals surface area contributed by atoms with Gasteiger partial charge in [0.1, 0.15) is 18.1 Å². The van der Waals surface area contributed by atoms with Crippen LogP contribution >= 0.6 is 23.2 Å². The standard InChI is InChI=1S/C25H19Cl2N5O4/c1-29-25(34)22-19-11-36-21-9-20(35-2)16(18-10-30-4-3-15(18)24(28)33)8-17(21)23(19)32(31-22)14-6-12(26)5-13(27)7-14/h3-10H,11H2,1-2H3,(H2,28,33)(H,29,34). The molecule has 0 saturated heterocycles. The smallest absolute Gasteiger partial charge is 0.271 e. The van der Waals surface area contributed by atoms with E-state index in [1.807, 2.05) is 0 Å². The number of pyridine rings is 1. The zero-order chi connectivity index (χ0) is 25.6. The number of hydrogen-bond donors (Lipinski definition) is 2. The van der Waals surface area contributed by atoms with Crippen LogP contribution in [0.3, 0.4) is 0 Å². The topological polar surface area (TPSA) is 121 Å². The largest absolute Gasteiger partial charge is 0.496 e. The van der Waals surface area contributed by atoms with E-state index in [0.29, 0.717) is 55.2 Å². The van der Waals surface area contributed by atoms with Crippen molar-refractivity contribution < 1.29 is 19.1 Å². The van der Waals surface area contributed by atoms with Gasteiger partial charge in [-0.2, -0.15) is 5.10 Å². The minimum absolute atomic E-state index is 0.0985. The molecule has 2 aromatic carbocycles. The zero-order valence-electron chi connectivity index (χ0n) is 19.1. The molecule has 4 aromatic rings. The zero-order valence-corrected chi connectivity index (χ0v) is 20.6. The van der Waals surface area contributed by atoms with Crippen LogP contribution in [-0.2, 0) is 6.61 Å². The van der Waals surface area contributed by atoms with Crippen molar-refractivity contribution in [1.82, 2.24) is 20.1 Å². The molecule has 0 atom stereocenters. The molecule has 2 aromatic heterocycles. The van der Waals surface area contributed by atoms with Crippen molar-refractivity contribution in [3.63, 3.8) is 0 Å². The van der Waals surface area contributed by atoms with E-state index in [-0.39, 0.29) is 23.8 Å². The van der Waals surface area contributed by atoms with Crippen LogP contribution in [0.25, 0.3) is 28.1 Å². The van der Waals surface area contributed by atoms with Gasteiger partial charge in [0.2, 0.25) is 5.91 Å². The van der Waals surface area contributed by atoms with Crippen molar-refractivity contribution in [2.24, 2.45) is 5.73 Å². The normalized spacial score (nSPS) is 11.8. The summed E-state index contributed by atoms with van der Waals surface area (Å²) < 4.78 is 13.2.